The first-order valence-electron chi connectivity index (χ1n) is 8.78. The van der Waals surface area contributed by atoms with Crippen molar-refractivity contribution in [1.29, 1.82) is 0 Å². The Morgan fingerprint density at radius 1 is 0.667 bits per heavy atom. The van der Waals surface area contributed by atoms with E-state index in [4.69, 9.17) is 17.3 Å². The molecule has 5 aromatic rings. The number of nitrogen functional groups attached to an aromatic ring is 1. The minimum Gasteiger partial charge on any atom is -0.398 e. The molecule has 0 saturated carbocycles. The van der Waals surface area contributed by atoms with Crippen LogP contribution < -0.4 is 5.73 Å². The van der Waals surface area contributed by atoms with Crippen molar-refractivity contribution in [2.24, 2.45) is 0 Å². The van der Waals surface area contributed by atoms with Crippen LogP contribution >= 0.6 is 22.9 Å². The lowest BCUT2D eigenvalue weighted by Gasteiger charge is -2.13. The van der Waals surface area contributed by atoms with Gasteiger partial charge >= 0.3 is 0 Å². The molecule has 0 atom stereocenters. The monoisotopic (exact) mass is 385 g/mol. The second-order valence-corrected chi connectivity index (χ2v) is 7.99. The van der Waals surface area contributed by atoms with Crippen LogP contribution in [0.3, 0.4) is 0 Å². The summed E-state index contributed by atoms with van der Waals surface area (Å²) in [6, 6.07) is 29.0. The molecule has 0 aliphatic rings. The number of halogens is 1. The molecule has 0 amide bonds. The predicted octanol–water partition coefficient (Wildman–Crippen LogP) is 7.62. The van der Waals surface area contributed by atoms with Gasteiger partial charge in [-0.25, -0.2) is 0 Å². The largest absolute Gasteiger partial charge is 0.398 e. The van der Waals surface area contributed by atoms with Crippen molar-refractivity contribution in [3.05, 3.63) is 90.0 Å². The fourth-order valence-electron chi connectivity index (χ4n) is 3.70. The minimum atomic E-state index is 0.754. The lowest BCUT2D eigenvalue weighted by atomic mass is 9.93. The normalized spacial score (nSPS) is 11.3. The first kappa shape index (κ1) is 16.4. The molecule has 0 saturated heterocycles. The molecule has 0 unspecified atom stereocenters. The van der Waals surface area contributed by atoms with E-state index < -0.39 is 0 Å². The molecule has 0 aliphatic heterocycles. The van der Waals surface area contributed by atoms with Crippen molar-refractivity contribution in [2.45, 2.75) is 0 Å². The van der Waals surface area contributed by atoms with Gasteiger partial charge in [-0.1, -0.05) is 78.3 Å². The molecule has 0 spiro atoms. The number of nitrogens with two attached hydrogens (primary N) is 1. The Morgan fingerprint density at radius 3 is 2.22 bits per heavy atom. The number of hydrogen-bond donors (Lipinski definition) is 1. The molecular formula is C24H16ClNS. The van der Waals surface area contributed by atoms with Crippen molar-refractivity contribution in [3.63, 3.8) is 0 Å². The van der Waals surface area contributed by atoms with E-state index in [0.717, 1.165) is 37.7 Å². The van der Waals surface area contributed by atoms with Gasteiger partial charge in [-0.3, -0.25) is 0 Å². The maximum absolute atomic E-state index is 6.58. The Labute approximate surface area is 166 Å². The number of fused-ring (bicyclic) bond motifs is 2. The molecule has 0 fully saturated rings. The molecule has 1 nitrogen and oxygen atoms in total. The Balaban J connectivity index is 1.97. The highest BCUT2D eigenvalue weighted by Crippen LogP contribution is 2.49. The Bertz CT molecular complexity index is 1300. The second-order valence-electron chi connectivity index (χ2n) is 6.53. The molecule has 2 N–H and O–H groups in total. The maximum atomic E-state index is 6.58. The van der Waals surface area contributed by atoms with Crippen molar-refractivity contribution >= 4 is 49.5 Å². The SMILES string of the molecule is Nc1ccc2ccccc2c1-c1c(-c2ccccc2Cl)sc2ccccc12. The van der Waals surface area contributed by atoms with Crippen LogP contribution in [0, 0.1) is 0 Å². The zero-order valence-electron chi connectivity index (χ0n) is 14.4. The van der Waals surface area contributed by atoms with Gasteiger partial charge in [-0.05, 0) is 29.0 Å². The summed E-state index contributed by atoms with van der Waals surface area (Å²) in [6.07, 6.45) is 0. The summed E-state index contributed by atoms with van der Waals surface area (Å²) in [5.74, 6) is 0. The number of hydrogen-bond acceptors (Lipinski definition) is 2. The first-order chi connectivity index (χ1) is 13.2. The number of thiophene rings is 1. The van der Waals surface area contributed by atoms with Gasteiger partial charge in [0.25, 0.3) is 0 Å². The quantitative estimate of drug-likeness (QED) is 0.310. The van der Waals surface area contributed by atoms with Gasteiger partial charge in [0.15, 0.2) is 0 Å². The van der Waals surface area contributed by atoms with Crippen molar-refractivity contribution in [2.75, 3.05) is 5.73 Å². The number of rotatable bonds is 2. The highest BCUT2D eigenvalue weighted by atomic mass is 35.5. The zero-order chi connectivity index (χ0) is 18.4. The molecule has 0 radical (unpaired) electrons. The van der Waals surface area contributed by atoms with E-state index in [-0.39, 0.29) is 0 Å². The molecule has 0 bridgehead atoms. The zero-order valence-corrected chi connectivity index (χ0v) is 16.0. The molecule has 1 heterocycles. The van der Waals surface area contributed by atoms with Crippen LogP contribution in [0.1, 0.15) is 0 Å². The summed E-state index contributed by atoms with van der Waals surface area (Å²) < 4.78 is 1.23. The Kier molecular flexibility index (Phi) is 3.89. The van der Waals surface area contributed by atoms with Gasteiger partial charge < -0.3 is 5.73 Å². The first-order valence-corrected chi connectivity index (χ1v) is 9.97. The minimum absolute atomic E-state index is 0.754. The maximum Gasteiger partial charge on any atom is 0.0492 e. The van der Waals surface area contributed by atoms with Crippen molar-refractivity contribution < 1.29 is 0 Å². The standard InChI is InChI=1S/C24H16ClNS/c25-19-11-5-3-9-17(19)24-23(18-10-4-6-12-21(18)27-24)22-16-8-2-1-7-15(16)13-14-20(22)26/h1-14H,26H2. The third-order valence-corrected chi connectivity index (χ3v) is 6.46. The average molecular weight is 386 g/mol. The molecule has 4 aromatic carbocycles. The van der Waals surface area contributed by atoms with Crippen LogP contribution in [0.4, 0.5) is 5.69 Å². The van der Waals surface area contributed by atoms with Gasteiger partial charge in [0.1, 0.15) is 0 Å². The summed E-state index contributed by atoms with van der Waals surface area (Å²) >= 11 is 8.34. The summed E-state index contributed by atoms with van der Waals surface area (Å²) in [6.45, 7) is 0. The Hall–Kier alpha value is -2.81. The van der Waals surface area contributed by atoms with E-state index in [1.54, 1.807) is 11.3 Å². The summed E-state index contributed by atoms with van der Waals surface area (Å²) in [5.41, 5.74) is 10.6. The van der Waals surface area contributed by atoms with Crippen LogP contribution in [0.5, 0.6) is 0 Å². The summed E-state index contributed by atoms with van der Waals surface area (Å²) in [7, 11) is 0. The molecule has 27 heavy (non-hydrogen) atoms. The molecule has 0 aliphatic carbocycles. The highest BCUT2D eigenvalue weighted by Gasteiger charge is 2.20. The Morgan fingerprint density at radius 2 is 1.37 bits per heavy atom. The van der Waals surface area contributed by atoms with E-state index in [1.165, 1.54) is 15.5 Å². The van der Waals surface area contributed by atoms with Crippen LogP contribution in [-0.2, 0) is 0 Å². The van der Waals surface area contributed by atoms with Crippen LogP contribution in [0.15, 0.2) is 84.9 Å². The third-order valence-electron chi connectivity index (χ3n) is 4.93. The summed E-state index contributed by atoms with van der Waals surface area (Å²) in [5, 5.41) is 4.31. The molecule has 1 aromatic heterocycles. The van der Waals surface area contributed by atoms with Gasteiger partial charge in [-0.15, -0.1) is 11.3 Å². The van der Waals surface area contributed by atoms with E-state index in [1.807, 2.05) is 24.3 Å². The fourth-order valence-corrected chi connectivity index (χ4v) is 5.23. The second kappa shape index (κ2) is 6.41. The van der Waals surface area contributed by atoms with Gasteiger partial charge in [-0.2, -0.15) is 0 Å². The van der Waals surface area contributed by atoms with E-state index >= 15 is 0 Å². The molecule has 130 valence electrons. The molecule has 5 rings (SSSR count). The van der Waals surface area contributed by atoms with Crippen molar-refractivity contribution in [1.82, 2.24) is 0 Å². The van der Waals surface area contributed by atoms with E-state index in [2.05, 4.69) is 60.7 Å². The summed E-state index contributed by atoms with van der Waals surface area (Å²) in [4.78, 5) is 1.16. The van der Waals surface area contributed by atoms with Crippen LogP contribution in [0.2, 0.25) is 5.02 Å². The molecule has 3 heteroatoms. The van der Waals surface area contributed by atoms with Gasteiger partial charge in [0.05, 0.1) is 0 Å². The highest BCUT2D eigenvalue weighted by molar-refractivity contribution is 7.23. The average Bonchev–Trinajstić information content (AvgIpc) is 3.07. The predicted molar refractivity (Wildman–Crippen MR) is 120 cm³/mol. The topological polar surface area (TPSA) is 26.0 Å². The van der Waals surface area contributed by atoms with Crippen LogP contribution in [0.25, 0.3) is 42.4 Å². The number of benzene rings is 4. The van der Waals surface area contributed by atoms with E-state index in [0.29, 0.717) is 0 Å². The third kappa shape index (κ3) is 2.61. The van der Waals surface area contributed by atoms with E-state index in [9.17, 15) is 0 Å². The smallest absolute Gasteiger partial charge is 0.0492 e. The molecular weight excluding hydrogens is 370 g/mol. The lowest BCUT2D eigenvalue weighted by molar-refractivity contribution is 1.67. The fraction of sp³-hybridized carbons (Fsp3) is 0. The van der Waals surface area contributed by atoms with Gasteiger partial charge in [0.2, 0.25) is 0 Å². The van der Waals surface area contributed by atoms with Gasteiger partial charge in [0, 0.05) is 42.4 Å². The lowest BCUT2D eigenvalue weighted by Crippen LogP contribution is -1.92. The van der Waals surface area contributed by atoms with Crippen LogP contribution in [-0.4, -0.2) is 0 Å². The number of anilines is 1. The van der Waals surface area contributed by atoms with Crippen molar-refractivity contribution in [3.8, 4) is 21.6 Å².